The van der Waals surface area contributed by atoms with Gasteiger partial charge in [0.1, 0.15) is 12.7 Å². The molecule has 0 spiro atoms. The molecule has 0 aliphatic rings. The Balaban J connectivity index is 3.52. The van der Waals surface area contributed by atoms with Gasteiger partial charge in [0.15, 0.2) is 0 Å². The zero-order chi connectivity index (χ0) is 8.69. The van der Waals surface area contributed by atoms with E-state index in [0.717, 1.165) is 5.76 Å². The lowest BCUT2D eigenvalue weighted by molar-refractivity contribution is 0.0866. The fraction of sp³-hybridized carbons (Fsp3) is 0.500. The van der Waals surface area contributed by atoms with Crippen LogP contribution in [0, 0.1) is 0 Å². The summed E-state index contributed by atoms with van der Waals surface area (Å²) in [5.74, 6) is 0.922. The Labute approximate surface area is 72.1 Å². The van der Waals surface area contributed by atoms with Crippen LogP contribution < -0.4 is 0 Å². The summed E-state index contributed by atoms with van der Waals surface area (Å²) in [6.07, 6.45) is 2.76. The zero-order valence-corrected chi connectivity index (χ0v) is 7.34. The van der Waals surface area contributed by atoms with Gasteiger partial charge in [-0.15, -0.1) is 11.6 Å². The summed E-state index contributed by atoms with van der Waals surface area (Å²) in [6, 6.07) is 0. The lowest BCUT2D eigenvalue weighted by atomic mass is 10.4. The molecule has 0 aliphatic heterocycles. The van der Waals surface area contributed by atoms with Crippen LogP contribution in [0.5, 0.6) is 0 Å². The van der Waals surface area contributed by atoms with Crippen LogP contribution in [0.4, 0.5) is 0 Å². The van der Waals surface area contributed by atoms with E-state index in [-0.39, 0.29) is 12.5 Å². The molecule has 1 atom stereocenters. The first-order valence-corrected chi connectivity index (χ1v) is 3.90. The van der Waals surface area contributed by atoms with Crippen LogP contribution in [0.25, 0.3) is 0 Å². The lowest BCUT2D eigenvalue weighted by Gasteiger charge is -2.08. The van der Waals surface area contributed by atoms with Gasteiger partial charge in [-0.2, -0.15) is 0 Å². The van der Waals surface area contributed by atoms with Gasteiger partial charge in [-0.25, -0.2) is 0 Å². The third kappa shape index (κ3) is 5.95. The summed E-state index contributed by atoms with van der Waals surface area (Å²) in [6.45, 7) is 5.53. The smallest absolute Gasteiger partial charge is 0.115 e. The van der Waals surface area contributed by atoms with Crippen molar-refractivity contribution in [2.75, 3.05) is 12.5 Å². The molecule has 3 heteroatoms. The minimum absolute atomic E-state index is 0.196. The third-order valence-electron chi connectivity index (χ3n) is 1.03. The first kappa shape index (κ1) is 10.5. The molecule has 1 N–H and O–H groups in total. The maximum absolute atomic E-state index is 8.97. The molecule has 0 aromatic heterocycles. The molecule has 0 radical (unpaired) electrons. The van der Waals surface area contributed by atoms with Gasteiger partial charge in [0.25, 0.3) is 0 Å². The van der Waals surface area contributed by atoms with Gasteiger partial charge in [-0.3, -0.25) is 0 Å². The zero-order valence-electron chi connectivity index (χ0n) is 6.59. The second-order valence-electron chi connectivity index (χ2n) is 2.13. The van der Waals surface area contributed by atoms with Crippen LogP contribution in [0.15, 0.2) is 24.5 Å². The molecular formula is C8H13ClO2. The summed E-state index contributed by atoms with van der Waals surface area (Å²) < 4.78 is 5.09. The fourth-order valence-corrected chi connectivity index (χ4v) is 0.575. The van der Waals surface area contributed by atoms with Gasteiger partial charge in [0.2, 0.25) is 0 Å². The number of hydrogen-bond acceptors (Lipinski definition) is 2. The van der Waals surface area contributed by atoms with Crippen molar-refractivity contribution in [3.63, 3.8) is 0 Å². The molecule has 64 valence electrons. The average Bonchev–Trinajstić information content (AvgIpc) is 2.01. The first-order valence-electron chi connectivity index (χ1n) is 3.37. The number of hydrogen-bond donors (Lipinski definition) is 1. The van der Waals surface area contributed by atoms with E-state index in [4.69, 9.17) is 21.4 Å². The lowest BCUT2D eigenvalue weighted by Crippen LogP contribution is -2.15. The van der Waals surface area contributed by atoms with E-state index >= 15 is 0 Å². The highest BCUT2D eigenvalue weighted by Crippen LogP contribution is 1.98. The topological polar surface area (TPSA) is 29.5 Å². The van der Waals surface area contributed by atoms with Gasteiger partial charge in [0, 0.05) is 0 Å². The van der Waals surface area contributed by atoms with Crippen LogP contribution in [0.2, 0.25) is 0 Å². The van der Waals surface area contributed by atoms with Gasteiger partial charge in [-0.05, 0) is 13.0 Å². The maximum atomic E-state index is 8.97. The minimum Gasteiger partial charge on any atom is -0.495 e. The van der Waals surface area contributed by atoms with Crippen molar-refractivity contribution in [2.24, 2.45) is 0 Å². The Hall–Kier alpha value is -0.470. The summed E-state index contributed by atoms with van der Waals surface area (Å²) in [4.78, 5) is 0. The molecule has 0 fully saturated rings. The SMILES string of the molecule is C=C/C=C(\C)OC[C@H](O)CCl. The Kier molecular flexibility index (Phi) is 5.99. The molecular weight excluding hydrogens is 164 g/mol. The number of aliphatic hydroxyl groups is 1. The van der Waals surface area contributed by atoms with Crippen LogP contribution >= 0.6 is 11.6 Å². The minimum atomic E-state index is -0.593. The number of allylic oxidation sites excluding steroid dienone is 3. The van der Waals surface area contributed by atoms with E-state index in [1.807, 2.05) is 0 Å². The third-order valence-corrected chi connectivity index (χ3v) is 1.39. The molecule has 0 saturated heterocycles. The number of halogens is 1. The second-order valence-corrected chi connectivity index (χ2v) is 2.44. The largest absolute Gasteiger partial charge is 0.495 e. The van der Waals surface area contributed by atoms with Crippen molar-refractivity contribution >= 4 is 11.6 Å². The van der Waals surface area contributed by atoms with E-state index in [1.165, 1.54) is 0 Å². The van der Waals surface area contributed by atoms with Gasteiger partial charge < -0.3 is 9.84 Å². The highest BCUT2D eigenvalue weighted by Gasteiger charge is 2.00. The number of aliphatic hydroxyl groups excluding tert-OH is 1. The average molecular weight is 177 g/mol. The molecule has 0 aromatic rings. The summed E-state index contributed by atoms with van der Waals surface area (Å²) in [5.41, 5.74) is 0. The number of rotatable bonds is 5. The highest BCUT2D eigenvalue weighted by atomic mass is 35.5. The Morgan fingerprint density at radius 3 is 2.91 bits per heavy atom. The molecule has 0 bridgehead atoms. The first-order chi connectivity index (χ1) is 5.20. The summed E-state index contributed by atoms with van der Waals surface area (Å²) >= 11 is 5.34. The van der Waals surface area contributed by atoms with E-state index in [0.29, 0.717) is 0 Å². The predicted molar refractivity (Wildman–Crippen MR) is 46.6 cm³/mol. The molecule has 0 aliphatic carbocycles. The summed E-state index contributed by atoms with van der Waals surface area (Å²) in [7, 11) is 0. The molecule has 0 unspecified atom stereocenters. The molecule has 0 aromatic carbocycles. The van der Waals surface area contributed by atoms with Crippen molar-refractivity contribution in [1.82, 2.24) is 0 Å². The van der Waals surface area contributed by atoms with E-state index in [1.54, 1.807) is 19.1 Å². The Bertz CT molecular complexity index is 143. The number of alkyl halides is 1. The molecule has 0 amide bonds. The maximum Gasteiger partial charge on any atom is 0.115 e. The molecule has 2 nitrogen and oxygen atoms in total. The predicted octanol–water partition coefficient (Wildman–Crippen LogP) is 1.69. The van der Waals surface area contributed by atoms with Crippen LogP contribution in [-0.4, -0.2) is 23.7 Å². The van der Waals surface area contributed by atoms with Crippen LogP contribution in [0.3, 0.4) is 0 Å². The number of ether oxygens (including phenoxy) is 1. The quantitative estimate of drug-likeness (QED) is 0.393. The molecule has 0 heterocycles. The van der Waals surface area contributed by atoms with E-state index in [2.05, 4.69) is 6.58 Å². The fourth-order valence-electron chi connectivity index (χ4n) is 0.486. The molecule has 11 heavy (non-hydrogen) atoms. The van der Waals surface area contributed by atoms with Crippen molar-refractivity contribution in [3.05, 3.63) is 24.5 Å². The van der Waals surface area contributed by atoms with Crippen molar-refractivity contribution in [2.45, 2.75) is 13.0 Å². The van der Waals surface area contributed by atoms with Crippen molar-refractivity contribution in [1.29, 1.82) is 0 Å². The van der Waals surface area contributed by atoms with Crippen LogP contribution in [-0.2, 0) is 4.74 Å². The van der Waals surface area contributed by atoms with E-state index in [9.17, 15) is 0 Å². The monoisotopic (exact) mass is 176 g/mol. The summed E-state index contributed by atoms with van der Waals surface area (Å²) in [5, 5.41) is 8.97. The second kappa shape index (κ2) is 6.25. The van der Waals surface area contributed by atoms with Crippen molar-refractivity contribution < 1.29 is 9.84 Å². The highest BCUT2D eigenvalue weighted by molar-refractivity contribution is 6.18. The standard InChI is InChI=1S/C8H13ClO2/c1-3-4-7(2)11-6-8(10)5-9/h3-4,8,10H,1,5-6H2,2H3/b7-4+/t8-/m1/s1. The van der Waals surface area contributed by atoms with Gasteiger partial charge in [0.05, 0.1) is 11.6 Å². The molecule has 0 rings (SSSR count). The normalized spacial score (nSPS) is 14.3. The van der Waals surface area contributed by atoms with Gasteiger partial charge in [-0.1, -0.05) is 12.7 Å². The van der Waals surface area contributed by atoms with Crippen LogP contribution in [0.1, 0.15) is 6.92 Å². The Morgan fingerprint density at radius 2 is 2.45 bits per heavy atom. The molecule has 0 saturated carbocycles. The Morgan fingerprint density at radius 1 is 1.82 bits per heavy atom. The van der Waals surface area contributed by atoms with Crippen molar-refractivity contribution in [3.8, 4) is 0 Å². The van der Waals surface area contributed by atoms with Gasteiger partial charge >= 0.3 is 0 Å². The van der Waals surface area contributed by atoms with E-state index < -0.39 is 6.10 Å².